The van der Waals surface area contributed by atoms with Gasteiger partial charge in [-0.2, -0.15) is 0 Å². The molecule has 2 rings (SSSR count). The number of nitrogens with one attached hydrogen (secondary N) is 1. The lowest BCUT2D eigenvalue weighted by atomic mass is 10.0. The standard InChI is InChI=1S/C16H28N2O2/c1-13(2)9-17-10-14-5-7-20-15(14)11-18-6-8-19-12-16(18,3)4/h5,7,13,17H,6,8-12H2,1-4H3. The summed E-state index contributed by atoms with van der Waals surface area (Å²) in [6.45, 7) is 14.2. The zero-order chi connectivity index (χ0) is 14.6. The van der Waals surface area contributed by atoms with Crippen molar-refractivity contribution in [3.8, 4) is 0 Å². The summed E-state index contributed by atoms with van der Waals surface area (Å²) in [6, 6.07) is 2.08. The van der Waals surface area contributed by atoms with Crippen LogP contribution in [0.25, 0.3) is 0 Å². The van der Waals surface area contributed by atoms with Gasteiger partial charge in [0.05, 0.1) is 26.0 Å². The second-order valence-corrected chi connectivity index (χ2v) is 6.68. The van der Waals surface area contributed by atoms with Gasteiger partial charge in [-0.05, 0) is 32.4 Å². The van der Waals surface area contributed by atoms with E-state index in [9.17, 15) is 0 Å². The van der Waals surface area contributed by atoms with Crippen molar-refractivity contribution in [1.29, 1.82) is 0 Å². The Morgan fingerprint density at radius 1 is 1.40 bits per heavy atom. The molecule has 4 heteroatoms. The van der Waals surface area contributed by atoms with Crippen LogP contribution < -0.4 is 5.32 Å². The molecule has 1 saturated heterocycles. The number of morpholine rings is 1. The largest absolute Gasteiger partial charge is 0.468 e. The first kappa shape index (κ1) is 15.5. The fourth-order valence-corrected chi connectivity index (χ4v) is 2.52. The second kappa shape index (κ2) is 6.74. The molecule has 0 amide bonds. The third-order valence-corrected chi connectivity index (χ3v) is 3.86. The smallest absolute Gasteiger partial charge is 0.122 e. The summed E-state index contributed by atoms with van der Waals surface area (Å²) in [5, 5.41) is 3.48. The highest BCUT2D eigenvalue weighted by atomic mass is 16.5. The second-order valence-electron chi connectivity index (χ2n) is 6.68. The summed E-state index contributed by atoms with van der Waals surface area (Å²) >= 11 is 0. The highest BCUT2D eigenvalue weighted by Gasteiger charge is 2.31. The van der Waals surface area contributed by atoms with Crippen molar-refractivity contribution in [3.05, 3.63) is 23.7 Å². The lowest BCUT2D eigenvalue weighted by Crippen LogP contribution is -2.52. The monoisotopic (exact) mass is 280 g/mol. The Bertz CT molecular complexity index is 412. The number of ether oxygens (including phenoxy) is 1. The van der Waals surface area contributed by atoms with Crippen molar-refractivity contribution >= 4 is 0 Å². The molecular formula is C16H28N2O2. The van der Waals surface area contributed by atoms with E-state index < -0.39 is 0 Å². The Morgan fingerprint density at radius 2 is 2.20 bits per heavy atom. The molecule has 0 saturated carbocycles. The first-order valence-corrected chi connectivity index (χ1v) is 7.58. The highest BCUT2D eigenvalue weighted by molar-refractivity contribution is 5.17. The van der Waals surface area contributed by atoms with Crippen LogP contribution in [0.1, 0.15) is 39.0 Å². The zero-order valence-corrected chi connectivity index (χ0v) is 13.2. The van der Waals surface area contributed by atoms with Gasteiger partial charge in [0, 0.05) is 24.2 Å². The minimum absolute atomic E-state index is 0.0771. The van der Waals surface area contributed by atoms with Crippen LogP contribution in [-0.4, -0.2) is 36.7 Å². The van der Waals surface area contributed by atoms with Gasteiger partial charge in [0.15, 0.2) is 0 Å². The number of furan rings is 1. The van der Waals surface area contributed by atoms with Crippen LogP contribution in [0.3, 0.4) is 0 Å². The van der Waals surface area contributed by atoms with E-state index in [1.807, 2.05) is 0 Å². The minimum Gasteiger partial charge on any atom is -0.468 e. The summed E-state index contributed by atoms with van der Waals surface area (Å²) in [5.41, 5.74) is 1.35. The Balaban J connectivity index is 1.94. The Labute approximate surface area is 122 Å². The SMILES string of the molecule is CC(C)CNCc1ccoc1CN1CCOCC1(C)C. The van der Waals surface area contributed by atoms with E-state index in [0.29, 0.717) is 5.92 Å². The molecule has 114 valence electrons. The molecule has 0 atom stereocenters. The molecule has 1 N–H and O–H groups in total. The van der Waals surface area contributed by atoms with Crippen LogP contribution in [0.4, 0.5) is 0 Å². The van der Waals surface area contributed by atoms with Crippen molar-refractivity contribution in [2.45, 2.75) is 46.3 Å². The topological polar surface area (TPSA) is 37.6 Å². The number of nitrogens with zero attached hydrogens (tertiary/aromatic N) is 1. The Kier molecular flexibility index (Phi) is 5.24. The van der Waals surface area contributed by atoms with Gasteiger partial charge in [-0.25, -0.2) is 0 Å². The van der Waals surface area contributed by atoms with E-state index in [4.69, 9.17) is 9.15 Å². The molecular weight excluding hydrogens is 252 g/mol. The van der Waals surface area contributed by atoms with Crippen LogP contribution in [0.2, 0.25) is 0 Å². The summed E-state index contributed by atoms with van der Waals surface area (Å²) in [7, 11) is 0. The molecule has 0 aliphatic carbocycles. The lowest BCUT2D eigenvalue weighted by molar-refractivity contribution is -0.0578. The van der Waals surface area contributed by atoms with Gasteiger partial charge in [-0.1, -0.05) is 13.8 Å². The van der Waals surface area contributed by atoms with Gasteiger partial charge in [-0.15, -0.1) is 0 Å². The normalized spacial score (nSPS) is 19.6. The lowest BCUT2D eigenvalue weighted by Gasteiger charge is -2.41. The number of hydrogen-bond donors (Lipinski definition) is 1. The highest BCUT2D eigenvalue weighted by Crippen LogP contribution is 2.23. The minimum atomic E-state index is 0.0771. The summed E-state index contributed by atoms with van der Waals surface area (Å²) < 4.78 is 11.3. The Hall–Kier alpha value is -0.840. The average molecular weight is 280 g/mol. The van der Waals surface area contributed by atoms with Crippen LogP contribution in [0.15, 0.2) is 16.7 Å². The fourth-order valence-electron chi connectivity index (χ4n) is 2.52. The van der Waals surface area contributed by atoms with E-state index in [0.717, 1.165) is 45.2 Å². The molecule has 0 radical (unpaired) electrons. The van der Waals surface area contributed by atoms with Crippen LogP contribution in [-0.2, 0) is 17.8 Å². The van der Waals surface area contributed by atoms with Crippen LogP contribution in [0, 0.1) is 5.92 Å². The van der Waals surface area contributed by atoms with E-state index >= 15 is 0 Å². The van der Waals surface area contributed by atoms with E-state index in [1.54, 1.807) is 6.26 Å². The predicted octanol–water partition coefficient (Wildman–Crippen LogP) is 2.64. The van der Waals surface area contributed by atoms with Gasteiger partial charge in [-0.3, -0.25) is 4.90 Å². The summed E-state index contributed by atoms with van der Waals surface area (Å²) in [5.74, 6) is 1.75. The molecule has 1 aromatic heterocycles. The van der Waals surface area contributed by atoms with E-state index in [1.165, 1.54) is 5.56 Å². The molecule has 1 aliphatic rings. The first-order valence-electron chi connectivity index (χ1n) is 7.58. The molecule has 4 nitrogen and oxygen atoms in total. The van der Waals surface area contributed by atoms with Crippen molar-refractivity contribution in [1.82, 2.24) is 10.2 Å². The molecule has 0 aromatic carbocycles. The summed E-state index contributed by atoms with van der Waals surface area (Å²) in [4.78, 5) is 2.45. The number of rotatable bonds is 6. The van der Waals surface area contributed by atoms with E-state index in [2.05, 4.69) is 44.0 Å². The van der Waals surface area contributed by atoms with Gasteiger partial charge >= 0.3 is 0 Å². The quantitative estimate of drug-likeness (QED) is 0.869. The third kappa shape index (κ3) is 4.08. The zero-order valence-electron chi connectivity index (χ0n) is 13.2. The maximum atomic E-state index is 5.70. The maximum absolute atomic E-state index is 5.70. The van der Waals surface area contributed by atoms with Crippen molar-refractivity contribution in [2.75, 3.05) is 26.3 Å². The molecule has 0 spiro atoms. The van der Waals surface area contributed by atoms with Crippen molar-refractivity contribution in [2.24, 2.45) is 5.92 Å². The van der Waals surface area contributed by atoms with Gasteiger partial charge in [0.25, 0.3) is 0 Å². The Morgan fingerprint density at radius 3 is 2.90 bits per heavy atom. The molecule has 0 unspecified atom stereocenters. The van der Waals surface area contributed by atoms with Crippen molar-refractivity contribution in [3.63, 3.8) is 0 Å². The summed E-state index contributed by atoms with van der Waals surface area (Å²) in [6.07, 6.45) is 1.80. The molecule has 1 aromatic rings. The molecule has 1 aliphatic heterocycles. The molecule has 1 fully saturated rings. The molecule has 0 bridgehead atoms. The maximum Gasteiger partial charge on any atom is 0.122 e. The predicted molar refractivity (Wildman–Crippen MR) is 80.6 cm³/mol. The van der Waals surface area contributed by atoms with Gasteiger partial charge in [0.2, 0.25) is 0 Å². The average Bonchev–Trinajstić information content (AvgIpc) is 2.79. The fraction of sp³-hybridized carbons (Fsp3) is 0.750. The number of hydrogen-bond acceptors (Lipinski definition) is 4. The van der Waals surface area contributed by atoms with E-state index in [-0.39, 0.29) is 5.54 Å². The van der Waals surface area contributed by atoms with Gasteiger partial charge < -0.3 is 14.5 Å². The first-order chi connectivity index (χ1) is 9.49. The third-order valence-electron chi connectivity index (χ3n) is 3.86. The van der Waals surface area contributed by atoms with Crippen LogP contribution in [0.5, 0.6) is 0 Å². The molecule has 20 heavy (non-hydrogen) atoms. The van der Waals surface area contributed by atoms with Crippen LogP contribution >= 0.6 is 0 Å². The van der Waals surface area contributed by atoms with Gasteiger partial charge in [0.1, 0.15) is 5.76 Å². The molecule has 2 heterocycles. The van der Waals surface area contributed by atoms with Crippen molar-refractivity contribution < 1.29 is 9.15 Å².